The minimum Gasteiger partial charge on any atom is -0.454 e. The van der Waals surface area contributed by atoms with Gasteiger partial charge in [-0.3, -0.25) is 9.59 Å². The van der Waals surface area contributed by atoms with Crippen LogP contribution in [-0.4, -0.2) is 229 Å². The Kier molecular flexibility index (Phi) is 30.0. The average molecular weight is 1570 g/mol. The number of carbonyl (C=O) groups excluding carboxylic acids is 2. The fourth-order valence-corrected chi connectivity index (χ4v) is 12.6. The monoisotopic (exact) mass is 1560 g/mol. The lowest BCUT2D eigenvalue weighted by Gasteiger charge is -2.37. The number of fused-ring (bicyclic) bond motifs is 2. The Morgan fingerprint density at radius 3 is 1.15 bits per heavy atom. The molecule has 0 radical (unpaired) electrons. The van der Waals surface area contributed by atoms with E-state index in [4.69, 9.17) is 98.7 Å². The van der Waals surface area contributed by atoms with E-state index in [-0.39, 0.29) is 56.3 Å². The highest BCUT2D eigenvalue weighted by Crippen LogP contribution is 2.46. The third-order valence-electron chi connectivity index (χ3n) is 21.7. The standard InChI is InChI=1S/C16H32O5Si.C15H30O4Si.C14H28O5Si.C13H28O4Si.C13H26O4Si.CH5P.CH4/c1-11-13(10-19-22(8,9)15(3,4)5)20-14(18-7)16(11,6)21-12(2)17;1-10-11(9-16-20(7,8)14(2,3)4)17-13-12(10)18-15(5,6)19-13;1-13(2,3)20(6,7)16-8-9-10(15)11-12(17-9)19-14(4,5)18-11;2*1-9-10(17-12(15-5)11(9)14)8-16-18(6,7)13(2,3)4;1-2;/h11,13-14H,10H2,1-9H3;10-13H,9H2,1-8H3;9-12,15H,8H2,1-7H3;9-12,14H,8H2,1-7H3;9-10,12H,8H2,1-7H3;2H2,1H3;1H4/t11-,13-,14+,16-;10-,11-,12-,13-;9-,10+,11-,12-;9-,10-,11-,12+;9-,10-,12+;;/m11111../s1/i10D2;9D2;3*8D2;2D;. The Hall–Kier alpha value is -0.106. The van der Waals surface area contributed by atoms with Crippen molar-refractivity contribution in [2.24, 2.45) is 23.7 Å². The molecule has 0 aliphatic carbocycles. The number of hydrogen-bond donors (Lipinski definition) is 2. The maximum Gasteiger partial charge on any atom is 0.303 e. The van der Waals surface area contributed by atoms with Gasteiger partial charge in [-0.05, 0) is 125 Å². The summed E-state index contributed by atoms with van der Waals surface area (Å²) in [6.07, 6.45) is -11.3. The second kappa shape index (κ2) is 37.7. The number of rotatable bonds is 19. The van der Waals surface area contributed by atoms with E-state index in [1.165, 1.54) is 28.3 Å². The highest BCUT2D eigenvalue weighted by Gasteiger charge is 2.58. The minimum absolute atomic E-state index is 0. The van der Waals surface area contributed by atoms with Crippen LogP contribution in [0.4, 0.5) is 0 Å². The van der Waals surface area contributed by atoms with Crippen LogP contribution in [0.25, 0.3) is 0 Å². The Balaban J connectivity index is 0.000000693. The van der Waals surface area contributed by atoms with Gasteiger partial charge in [-0.25, -0.2) is 0 Å². The molecule has 0 saturated carbocycles. The molecule has 7 aliphatic heterocycles. The van der Waals surface area contributed by atoms with Gasteiger partial charge in [0.15, 0.2) is 89.7 Å². The largest absolute Gasteiger partial charge is 0.454 e. The van der Waals surface area contributed by atoms with Crippen molar-refractivity contribution in [2.75, 3.05) is 60.8 Å². The van der Waals surface area contributed by atoms with Gasteiger partial charge in [0.25, 0.3) is 0 Å². The lowest BCUT2D eigenvalue weighted by molar-refractivity contribution is -0.217. The quantitative estimate of drug-likeness (QED) is 0.0694. The predicted octanol–water partition coefficient (Wildman–Crippen LogP) is 15.2. The third-order valence-corrected chi connectivity index (χ3v) is 42.9. The molecule has 7 saturated heterocycles. The first kappa shape index (κ1) is 80.4. The number of Topliss-reactive ketones (excluding diaryl/α,β-unsaturated/α-hetero) is 1. The number of methoxy groups -OCH3 is 3. The van der Waals surface area contributed by atoms with Crippen molar-refractivity contribution in [3.8, 4) is 0 Å². The van der Waals surface area contributed by atoms with Crippen LogP contribution in [0.1, 0.15) is 194 Å². The van der Waals surface area contributed by atoms with Crippen molar-refractivity contribution in [3.05, 3.63) is 0 Å². The van der Waals surface area contributed by atoms with Gasteiger partial charge in [0, 0.05) is 51.9 Å². The van der Waals surface area contributed by atoms with Gasteiger partial charge >= 0.3 is 5.97 Å². The van der Waals surface area contributed by atoms with Crippen LogP contribution in [0.2, 0.25) is 90.7 Å². The Morgan fingerprint density at radius 1 is 0.495 bits per heavy atom. The fraction of sp³-hybridized carbons (Fsp3) is 0.973. The maximum atomic E-state index is 11.9. The molecule has 0 aromatic heterocycles. The molecule has 0 aromatic carbocycles. The van der Waals surface area contributed by atoms with Crippen LogP contribution in [-0.2, 0) is 93.3 Å². The number of esters is 1. The van der Waals surface area contributed by atoms with Crippen molar-refractivity contribution in [1.29, 1.82) is 1.28 Å². The lowest BCUT2D eigenvalue weighted by atomic mass is 9.88. The normalized spacial score (nSPS) is 35.8. The van der Waals surface area contributed by atoms with Gasteiger partial charge in [0.1, 0.15) is 30.5 Å². The second-order valence-corrected chi connectivity index (χ2v) is 59.4. The smallest absolute Gasteiger partial charge is 0.303 e. The van der Waals surface area contributed by atoms with Crippen LogP contribution in [0, 0.1) is 23.7 Å². The van der Waals surface area contributed by atoms with Crippen molar-refractivity contribution in [3.63, 3.8) is 0 Å². The molecule has 101 heavy (non-hydrogen) atoms. The maximum absolute atomic E-state index is 11.9. The van der Waals surface area contributed by atoms with Crippen LogP contribution in [0.5, 0.6) is 0 Å². The molecular weight excluding hydrogens is 1400 g/mol. The zero-order valence-electron chi connectivity index (χ0n) is 80.0. The molecule has 7 rings (SSSR count). The molecule has 2 N–H and O–H groups in total. The summed E-state index contributed by atoms with van der Waals surface area (Å²) in [5.74, 6) is -3.76. The molecule has 0 bridgehead atoms. The highest BCUT2D eigenvalue weighted by atomic mass is 31.0. The molecule has 0 amide bonds. The van der Waals surface area contributed by atoms with E-state index in [9.17, 15) is 19.8 Å². The summed E-state index contributed by atoms with van der Waals surface area (Å²) in [7, 11) is -6.91. The van der Waals surface area contributed by atoms with E-state index in [2.05, 4.69) is 62.3 Å². The van der Waals surface area contributed by atoms with Crippen molar-refractivity contribution in [1.82, 2.24) is 0 Å². The Bertz CT molecular complexity index is 2910. The SMILES string of the molecule is C.[2H]C([2H])(O[Si](C)(C)C(C)(C)C)[C@H]1O[C@@H]2OC(C)(C)O[C@@H]2[C@@H]1C.[2H]C([2H])(O[Si](C)(C)C(C)(C)C)[C@H]1O[C@@H]2OC(C)(C)O[C@@H]2[C@H]1O.[2H]C([2H])(O[Si](C)(C)C(C)(C)C)[C@H]1O[C@H](OC)C(=O)[C@@H]1C.[2H]C([2H])(O[Si](C)(C)C(C)(C)C)[C@H]1O[C@H](OC)[C@H](O)[C@@H]1C.[2H]C([2H])(O[Si](C)(C)C(C)(C)C)[C@H]1O[C@H](OC)[C@](C)(OC(C)=O)[C@@H]1C.[2H]PC. The van der Waals surface area contributed by atoms with E-state index >= 15 is 0 Å². The summed E-state index contributed by atoms with van der Waals surface area (Å²) in [6, 6.07) is 0. The number of ketones is 1. The van der Waals surface area contributed by atoms with E-state index in [1.54, 1.807) is 41.5 Å². The van der Waals surface area contributed by atoms with Crippen molar-refractivity contribution >= 4 is 62.5 Å². The number of aliphatic hydroxyl groups excluding tert-OH is 2. The first-order chi connectivity index (χ1) is 49.0. The van der Waals surface area contributed by atoms with Gasteiger partial charge < -0.3 is 93.9 Å². The Labute approximate surface area is 637 Å². The molecular formula is C73H153O22PSi5. The van der Waals surface area contributed by atoms with E-state index in [1.807, 2.05) is 134 Å². The highest BCUT2D eigenvalue weighted by molar-refractivity contribution is 7.15. The molecule has 1 unspecified atom stereocenters. The van der Waals surface area contributed by atoms with Gasteiger partial charge in [-0.15, -0.1) is 9.18 Å². The lowest BCUT2D eigenvalue weighted by Crippen LogP contribution is -2.46. The molecule has 7 fully saturated rings. The molecule has 0 spiro atoms. The number of ether oxygens (including phenoxy) is 13. The van der Waals surface area contributed by atoms with Crippen LogP contribution in [0.3, 0.4) is 0 Å². The second-order valence-electron chi connectivity index (χ2n) is 35.8. The van der Waals surface area contributed by atoms with Crippen molar-refractivity contribution in [2.45, 2.75) is 375 Å². The minimum atomic E-state index is -2.35. The van der Waals surface area contributed by atoms with E-state index in [0.29, 0.717) is 9.18 Å². The van der Waals surface area contributed by atoms with Gasteiger partial charge in [0.05, 0.1) is 72.2 Å². The molecule has 602 valence electrons. The molecule has 0 aromatic rings. The first-order valence-corrected chi connectivity index (χ1v) is 50.8. The number of aliphatic hydroxyl groups is 2. The zero-order valence-corrected chi connectivity index (χ0v) is 75.0. The topological polar surface area (TPSA) is 241 Å². The van der Waals surface area contributed by atoms with Crippen molar-refractivity contribution < 1.29 is 117 Å². The van der Waals surface area contributed by atoms with Gasteiger partial charge in [0.2, 0.25) is 6.29 Å². The Morgan fingerprint density at radius 2 is 0.832 bits per heavy atom. The third kappa shape index (κ3) is 26.5. The molecule has 20 atom stereocenters. The van der Waals surface area contributed by atoms with E-state index in [0.717, 1.165) is 0 Å². The van der Waals surface area contributed by atoms with Gasteiger partial charge in [-0.2, -0.15) is 0 Å². The number of hydrogen-bond acceptors (Lipinski definition) is 22. The molecule has 22 nitrogen and oxygen atoms in total. The predicted molar refractivity (Wildman–Crippen MR) is 416 cm³/mol. The molecule has 7 aliphatic rings. The molecule has 28 heteroatoms. The summed E-state index contributed by atoms with van der Waals surface area (Å²) >= 11 is 0. The van der Waals surface area contributed by atoms with Crippen LogP contribution >= 0.6 is 9.18 Å². The zero-order chi connectivity index (χ0) is 88.0. The average Bonchev–Trinajstić information content (AvgIpc) is 1.68. The van der Waals surface area contributed by atoms with E-state index < -0.39 is 190 Å². The summed E-state index contributed by atoms with van der Waals surface area (Å²) in [5.41, 5.74) is -1.07. The first-order valence-electron chi connectivity index (χ1n) is 40.7. The molecule has 7 heterocycles. The number of carbonyl (C=O) groups is 2. The fourth-order valence-electron chi connectivity index (χ4n) is 9.04. The van der Waals surface area contributed by atoms with Crippen LogP contribution < -0.4 is 0 Å². The summed E-state index contributed by atoms with van der Waals surface area (Å²) in [5, 5.41) is 19.8. The summed E-state index contributed by atoms with van der Waals surface area (Å²) in [4.78, 5) is 23.4. The van der Waals surface area contributed by atoms with Gasteiger partial charge in [-0.1, -0.05) is 146 Å². The summed E-state index contributed by atoms with van der Waals surface area (Å²) in [6.45, 7) is 59.9. The van der Waals surface area contributed by atoms with Crippen LogP contribution in [0.15, 0.2) is 0 Å². The summed E-state index contributed by atoms with van der Waals surface area (Å²) < 4.78 is 190.